The highest BCUT2D eigenvalue weighted by Crippen LogP contribution is 2.13. The van der Waals surface area contributed by atoms with Gasteiger partial charge in [0.25, 0.3) is 0 Å². The number of esters is 3. The number of ether oxygens (including phenoxy) is 3. The maximum atomic E-state index is 12.8. The third-order valence-corrected chi connectivity index (χ3v) is 10.5. The van der Waals surface area contributed by atoms with Crippen LogP contribution < -0.4 is 0 Å². The average molecular weight is 887 g/mol. The third kappa shape index (κ3) is 49.1. The summed E-state index contributed by atoms with van der Waals surface area (Å²) in [7, 11) is 0. The average Bonchev–Trinajstić information content (AvgIpc) is 3.29. The van der Waals surface area contributed by atoms with Crippen molar-refractivity contribution in [3.63, 3.8) is 0 Å². The van der Waals surface area contributed by atoms with Gasteiger partial charge in [0.15, 0.2) is 6.10 Å². The third-order valence-electron chi connectivity index (χ3n) is 10.5. The lowest BCUT2D eigenvalue weighted by atomic mass is 10.1. The number of allylic oxidation sites excluding steroid dienone is 18. The Balaban J connectivity index is 4.47. The van der Waals surface area contributed by atoms with Crippen molar-refractivity contribution in [2.24, 2.45) is 0 Å². The molecule has 0 aliphatic heterocycles. The van der Waals surface area contributed by atoms with Crippen molar-refractivity contribution < 1.29 is 28.6 Å². The summed E-state index contributed by atoms with van der Waals surface area (Å²) in [4.78, 5) is 38.0. The predicted octanol–water partition coefficient (Wildman–Crippen LogP) is 17.1. The van der Waals surface area contributed by atoms with Crippen LogP contribution in [0.4, 0.5) is 0 Å². The maximum absolute atomic E-state index is 12.8. The molecule has 0 rings (SSSR count). The quantitative estimate of drug-likeness (QED) is 0.0262. The molecule has 0 aromatic rings. The Morgan fingerprint density at radius 3 is 0.969 bits per heavy atom. The Morgan fingerprint density at radius 1 is 0.328 bits per heavy atom. The molecule has 6 heteroatoms. The maximum Gasteiger partial charge on any atom is 0.306 e. The molecule has 1 unspecified atom stereocenters. The van der Waals surface area contributed by atoms with E-state index in [2.05, 4.69) is 130 Å². The van der Waals surface area contributed by atoms with E-state index in [1.54, 1.807) is 0 Å². The standard InChI is InChI=1S/C58H94O6/c1-4-7-10-13-16-19-22-25-27-28-29-30-31-34-36-39-42-45-48-51-57(60)63-54-55(53-62-56(59)50-47-44-41-38-35-32-24-21-18-15-12-9-6-3)64-58(61)52-49-46-43-40-37-33-26-23-20-17-14-11-8-5-2/h7,9-10,12,14,16-19,21,23,25-27,29-30,32,35,55H,4-6,8,11,13,15,20,22,24,28,31,33-34,36-54H2,1-3H3/b10-7-,12-9-,17-14-,19-16-,21-18-,26-23-,27-25-,30-29-,35-32-. The SMILES string of the molecule is CC/C=C\C/C=C\C/C=C\C/C=C\CCCCCCCCC(=O)OCC(COC(=O)CCCCC/C=C\C/C=C\C/C=C\CC)OC(=O)CCCCCCC/C=C\C/C=C\CCCC. The van der Waals surface area contributed by atoms with Crippen LogP contribution in [0.3, 0.4) is 0 Å². The van der Waals surface area contributed by atoms with Crippen LogP contribution in [-0.4, -0.2) is 37.2 Å². The van der Waals surface area contributed by atoms with Crippen molar-refractivity contribution in [2.75, 3.05) is 13.2 Å². The van der Waals surface area contributed by atoms with E-state index >= 15 is 0 Å². The zero-order chi connectivity index (χ0) is 46.5. The summed E-state index contributed by atoms with van der Waals surface area (Å²) in [6.45, 7) is 6.30. The van der Waals surface area contributed by atoms with Gasteiger partial charge in [0.1, 0.15) is 13.2 Å². The lowest BCUT2D eigenvalue weighted by Crippen LogP contribution is -2.30. The van der Waals surface area contributed by atoms with Gasteiger partial charge >= 0.3 is 17.9 Å². The summed E-state index contributed by atoms with van der Waals surface area (Å²) in [5, 5.41) is 0. The first-order valence-corrected chi connectivity index (χ1v) is 25.9. The van der Waals surface area contributed by atoms with Crippen molar-refractivity contribution in [3.05, 3.63) is 109 Å². The van der Waals surface area contributed by atoms with Gasteiger partial charge in [-0.15, -0.1) is 0 Å². The fourth-order valence-corrected chi connectivity index (χ4v) is 6.64. The highest BCUT2D eigenvalue weighted by Gasteiger charge is 2.19. The van der Waals surface area contributed by atoms with Gasteiger partial charge in [-0.3, -0.25) is 14.4 Å². The van der Waals surface area contributed by atoms with Crippen LogP contribution in [0.15, 0.2) is 109 Å². The molecule has 0 saturated heterocycles. The van der Waals surface area contributed by atoms with Gasteiger partial charge in [0, 0.05) is 19.3 Å². The topological polar surface area (TPSA) is 78.9 Å². The van der Waals surface area contributed by atoms with Gasteiger partial charge in [-0.25, -0.2) is 0 Å². The smallest absolute Gasteiger partial charge is 0.306 e. The fourth-order valence-electron chi connectivity index (χ4n) is 6.64. The first kappa shape index (κ1) is 60.1. The van der Waals surface area contributed by atoms with Crippen molar-refractivity contribution in [1.82, 2.24) is 0 Å². The first-order valence-electron chi connectivity index (χ1n) is 25.9. The van der Waals surface area contributed by atoms with E-state index in [0.717, 1.165) is 148 Å². The number of carbonyl (C=O) groups excluding carboxylic acids is 3. The van der Waals surface area contributed by atoms with E-state index < -0.39 is 6.10 Å². The van der Waals surface area contributed by atoms with Crippen LogP contribution in [0, 0.1) is 0 Å². The molecule has 0 radical (unpaired) electrons. The van der Waals surface area contributed by atoms with Gasteiger partial charge in [-0.1, -0.05) is 194 Å². The Kier molecular flexibility index (Phi) is 48.5. The lowest BCUT2D eigenvalue weighted by Gasteiger charge is -2.18. The minimum absolute atomic E-state index is 0.103. The van der Waals surface area contributed by atoms with Gasteiger partial charge in [0.2, 0.25) is 0 Å². The number of hydrogen-bond acceptors (Lipinski definition) is 6. The molecule has 0 heterocycles. The molecule has 0 aromatic heterocycles. The zero-order valence-electron chi connectivity index (χ0n) is 41.3. The molecule has 0 fully saturated rings. The van der Waals surface area contributed by atoms with Crippen LogP contribution >= 0.6 is 0 Å². The van der Waals surface area contributed by atoms with Crippen LogP contribution in [0.2, 0.25) is 0 Å². The zero-order valence-corrected chi connectivity index (χ0v) is 41.3. The molecule has 0 amide bonds. The first-order chi connectivity index (χ1) is 31.5. The summed E-state index contributed by atoms with van der Waals surface area (Å²) in [6.07, 6.45) is 69.3. The molecule has 0 aliphatic rings. The lowest BCUT2D eigenvalue weighted by molar-refractivity contribution is -0.167. The number of unbranched alkanes of at least 4 members (excludes halogenated alkanes) is 16. The Morgan fingerprint density at radius 2 is 0.609 bits per heavy atom. The number of carbonyl (C=O) groups is 3. The molecule has 0 saturated carbocycles. The van der Waals surface area contributed by atoms with Gasteiger partial charge in [0.05, 0.1) is 0 Å². The monoisotopic (exact) mass is 887 g/mol. The summed E-state index contributed by atoms with van der Waals surface area (Å²) in [5.74, 6) is -0.966. The highest BCUT2D eigenvalue weighted by molar-refractivity contribution is 5.71. The number of rotatable bonds is 45. The number of hydrogen-bond donors (Lipinski definition) is 0. The molecule has 0 aliphatic carbocycles. The second-order valence-electron chi connectivity index (χ2n) is 16.7. The Labute approximate surface area is 393 Å². The van der Waals surface area contributed by atoms with Crippen LogP contribution in [0.25, 0.3) is 0 Å². The Hall–Kier alpha value is -3.93. The summed E-state index contributed by atoms with van der Waals surface area (Å²) >= 11 is 0. The molecular weight excluding hydrogens is 793 g/mol. The van der Waals surface area contributed by atoms with Crippen LogP contribution in [0.1, 0.15) is 220 Å². The van der Waals surface area contributed by atoms with E-state index in [1.165, 1.54) is 32.1 Å². The van der Waals surface area contributed by atoms with Crippen molar-refractivity contribution in [3.8, 4) is 0 Å². The highest BCUT2D eigenvalue weighted by atomic mass is 16.6. The summed E-state index contributed by atoms with van der Waals surface area (Å²) < 4.78 is 16.8. The summed E-state index contributed by atoms with van der Waals surface area (Å²) in [5.41, 5.74) is 0. The molecule has 0 spiro atoms. The van der Waals surface area contributed by atoms with E-state index in [9.17, 15) is 14.4 Å². The van der Waals surface area contributed by atoms with Crippen LogP contribution in [-0.2, 0) is 28.6 Å². The van der Waals surface area contributed by atoms with Gasteiger partial charge < -0.3 is 14.2 Å². The molecule has 64 heavy (non-hydrogen) atoms. The van der Waals surface area contributed by atoms with Crippen LogP contribution in [0.5, 0.6) is 0 Å². The van der Waals surface area contributed by atoms with E-state index in [1.807, 2.05) is 0 Å². The minimum Gasteiger partial charge on any atom is -0.462 e. The predicted molar refractivity (Wildman–Crippen MR) is 274 cm³/mol. The summed E-state index contributed by atoms with van der Waals surface area (Å²) in [6, 6.07) is 0. The molecule has 0 aromatic carbocycles. The molecule has 6 nitrogen and oxygen atoms in total. The molecular formula is C58H94O6. The van der Waals surface area contributed by atoms with Gasteiger partial charge in [-0.2, -0.15) is 0 Å². The van der Waals surface area contributed by atoms with E-state index in [4.69, 9.17) is 14.2 Å². The molecule has 362 valence electrons. The Bertz CT molecular complexity index is 1340. The fraction of sp³-hybridized carbons (Fsp3) is 0.638. The van der Waals surface area contributed by atoms with Crippen molar-refractivity contribution in [1.29, 1.82) is 0 Å². The van der Waals surface area contributed by atoms with Crippen molar-refractivity contribution in [2.45, 2.75) is 226 Å². The largest absolute Gasteiger partial charge is 0.462 e. The molecule has 1 atom stereocenters. The second kappa shape index (κ2) is 51.7. The van der Waals surface area contributed by atoms with Gasteiger partial charge in [-0.05, 0) is 116 Å². The minimum atomic E-state index is -0.805. The normalized spacial score (nSPS) is 13.0. The van der Waals surface area contributed by atoms with Crippen molar-refractivity contribution >= 4 is 17.9 Å². The van der Waals surface area contributed by atoms with E-state index in [-0.39, 0.29) is 31.1 Å². The molecule has 0 bridgehead atoms. The van der Waals surface area contributed by atoms with E-state index in [0.29, 0.717) is 19.3 Å². The second-order valence-corrected chi connectivity index (χ2v) is 16.7. The molecule has 0 N–H and O–H groups in total.